The van der Waals surface area contributed by atoms with E-state index in [1.807, 2.05) is 7.05 Å². The Balaban J connectivity index is 1.44. The van der Waals surface area contributed by atoms with Gasteiger partial charge in [-0.2, -0.15) is 0 Å². The summed E-state index contributed by atoms with van der Waals surface area (Å²) in [6.45, 7) is 14.1. The molecule has 3 rings (SSSR count). The van der Waals surface area contributed by atoms with Gasteiger partial charge in [0.25, 0.3) is 0 Å². The molecule has 2 fully saturated rings. The Bertz CT molecular complexity index is 648. The van der Waals surface area contributed by atoms with Crippen LogP contribution in [-0.4, -0.2) is 105 Å². The zero-order chi connectivity index (χ0) is 20.8. The number of nitrogens with zero attached hydrogens (tertiary/aromatic N) is 5. The van der Waals surface area contributed by atoms with Gasteiger partial charge >= 0.3 is 0 Å². The summed E-state index contributed by atoms with van der Waals surface area (Å²) < 4.78 is 0. The minimum absolute atomic E-state index is 0.542. The Kier molecular flexibility index (Phi) is 7.92. The van der Waals surface area contributed by atoms with E-state index in [9.17, 15) is 0 Å². The van der Waals surface area contributed by atoms with Crippen molar-refractivity contribution in [3.05, 3.63) is 35.4 Å². The molecule has 6 heteroatoms. The highest BCUT2D eigenvalue weighted by Gasteiger charge is 2.24. The van der Waals surface area contributed by atoms with E-state index in [1.54, 1.807) is 0 Å². The first-order chi connectivity index (χ1) is 14.0. The van der Waals surface area contributed by atoms with Crippen LogP contribution in [0.3, 0.4) is 0 Å². The predicted octanol–water partition coefficient (Wildman–Crippen LogP) is 1.75. The molecule has 2 aliphatic rings. The van der Waals surface area contributed by atoms with Gasteiger partial charge < -0.3 is 15.1 Å². The zero-order valence-corrected chi connectivity index (χ0v) is 19.1. The molecule has 6 nitrogen and oxygen atoms in total. The molecular formula is C23H40N6. The molecule has 0 saturated carbocycles. The molecule has 0 radical (unpaired) electrons. The summed E-state index contributed by atoms with van der Waals surface area (Å²) >= 11 is 0. The number of benzene rings is 1. The lowest BCUT2D eigenvalue weighted by atomic mass is 10.0. The van der Waals surface area contributed by atoms with Crippen LogP contribution in [0.2, 0.25) is 0 Å². The van der Waals surface area contributed by atoms with Crippen molar-refractivity contribution in [1.29, 1.82) is 0 Å². The summed E-state index contributed by atoms with van der Waals surface area (Å²) in [4.78, 5) is 14.4. The maximum absolute atomic E-state index is 4.56. The lowest BCUT2D eigenvalue weighted by molar-refractivity contribution is 0.115. The first-order valence-electron chi connectivity index (χ1n) is 11.1. The van der Waals surface area contributed by atoms with Crippen LogP contribution in [0, 0.1) is 0 Å². The largest absolute Gasteiger partial charge is 0.355 e. The molecule has 0 bridgehead atoms. The average molecular weight is 401 g/mol. The molecule has 1 aromatic carbocycles. The van der Waals surface area contributed by atoms with Crippen molar-refractivity contribution in [2.75, 3.05) is 73.5 Å². The molecule has 29 heavy (non-hydrogen) atoms. The van der Waals surface area contributed by atoms with Crippen molar-refractivity contribution < 1.29 is 0 Å². The highest BCUT2D eigenvalue weighted by atomic mass is 15.4. The molecule has 0 aliphatic carbocycles. The van der Waals surface area contributed by atoms with Crippen molar-refractivity contribution in [2.24, 2.45) is 4.99 Å². The summed E-state index contributed by atoms with van der Waals surface area (Å²) in [7, 11) is 6.35. The standard InChI is InChI=1S/C23H40N6/c1-19(2)21-8-6-20(7-9-21)17-28-12-14-29(15-13-28)23(24-3)25-16-22-18-26(4)10-11-27(22)5/h6-9,19,22H,10-18H2,1-5H3,(H,24,25). The van der Waals surface area contributed by atoms with E-state index in [-0.39, 0.29) is 0 Å². The molecule has 1 atom stereocenters. The van der Waals surface area contributed by atoms with Crippen LogP contribution in [0.15, 0.2) is 29.3 Å². The summed E-state index contributed by atoms with van der Waals surface area (Å²) in [5.74, 6) is 1.65. The van der Waals surface area contributed by atoms with Crippen LogP contribution in [0.1, 0.15) is 30.9 Å². The molecule has 2 saturated heterocycles. The van der Waals surface area contributed by atoms with Gasteiger partial charge in [0, 0.05) is 72.0 Å². The lowest BCUT2D eigenvalue weighted by Gasteiger charge is -2.40. The minimum Gasteiger partial charge on any atom is -0.355 e. The predicted molar refractivity (Wildman–Crippen MR) is 123 cm³/mol. The van der Waals surface area contributed by atoms with Crippen LogP contribution < -0.4 is 5.32 Å². The SMILES string of the molecule is CN=C(NCC1CN(C)CCN1C)N1CCN(Cc2ccc(C(C)C)cc2)CC1. The van der Waals surface area contributed by atoms with E-state index >= 15 is 0 Å². The summed E-state index contributed by atoms with van der Waals surface area (Å²) in [6, 6.07) is 9.68. The number of piperazine rings is 2. The fourth-order valence-corrected chi connectivity index (χ4v) is 4.25. The summed E-state index contributed by atoms with van der Waals surface area (Å²) in [5.41, 5.74) is 2.83. The van der Waals surface area contributed by atoms with Crippen molar-refractivity contribution in [2.45, 2.75) is 32.4 Å². The monoisotopic (exact) mass is 400 g/mol. The van der Waals surface area contributed by atoms with Gasteiger partial charge in [-0.25, -0.2) is 0 Å². The third kappa shape index (κ3) is 6.17. The van der Waals surface area contributed by atoms with Gasteiger partial charge in [0.05, 0.1) is 0 Å². The van der Waals surface area contributed by atoms with Crippen LogP contribution in [0.5, 0.6) is 0 Å². The fraction of sp³-hybridized carbons (Fsp3) is 0.696. The molecule has 0 aromatic heterocycles. The van der Waals surface area contributed by atoms with Crippen LogP contribution >= 0.6 is 0 Å². The normalized spacial score (nSPS) is 23.0. The molecule has 0 spiro atoms. The van der Waals surface area contributed by atoms with Gasteiger partial charge in [0.2, 0.25) is 0 Å². The summed E-state index contributed by atoms with van der Waals surface area (Å²) in [5, 5.41) is 3.63. The summed E-state index contributed by atoms with van der Waals surface area (Å²) in [6.07, 6.45) is 0. The molecular weight excluding hydrogens is 360 g/mol. The fourth-order valence-electron chi connectivity index (χ4n) is 4.25. The molecule has 1 aromatic rings. The minimum atomic E-state index is 0.542. The number of nitrogens with one attached hydrogen (secondary N) is 1. The van der Waals surface area contributed by atoms with E-state index in [4.69, 9.17) is 0 Å². The third-order valence-electron chi connectivity index (χ3n) is 6.41. The smallest absolute Gasteiger partial charge is 0.193 e. The van der Waals surface area contributed by atoms with Crippen molar-refractivity contribution >= 4 is 5.96 Å². The van der Waals surface area contributed by atoms with Gasteiger partial charge in [-0.3, -0.25) is 14.8 Å². The number of guanidine groups is 1. The van der Waals surface area contributed by atoms with Crippen molar-refractivity contribution in [3.63, 3.8) is 0 Å². The number of hydrogen-bond acceptors (Lipinski definition) is 4. The first kappa shape index (κ1) is 22.1. The lowest BCUT2D eigenvalue weighted by Crippen LogP contribution is -2.57. The van der Waals surface area contributed by atoms with Crippen molar-refractivity contribution in [3.8, 4) is 0 Å². The molecule has 0 amide bonds. The highest BCUT2D eigenvalue weighted by Crippen LogP contribution is 2.16. The second-order valence-electron chi connectivity index (χ2n) is 8.98. The molecule has 2 heterocycles. The number of aliphatic imine (C=N–C) groups is 1. The van der Waals surface area contributed by atoms with E-state index in [0.717, 1.165) is 64.9 Å². The van der Waals surface area contributed by atoms with Gasteiger partial charge in [-0.15, -0.1) is 0 Å². The van der Waals surface area contributed by atoms with E-state index in [1.165, 1.54) is 11.1 Å². The quantitative estimate of drug-likeness (QED) is 0.602. The second kappa shape index (κ2) is 10.4. The molecule has 1 unspecified atom stereocenters. The van der Waals surface area contributed by atoms with Crippen molar-refractivity contribution in [1.82, 2.24) is 24.9 Å². The number of hydrogen-bond donors (Lipinski definition) is 1. The third-order valence-corrected chi connectivity index (χ3v) is 6.41. The number of likely N-dealkylation sites (N-methyl/N-ethyl adjacent to an activating group) is 2. The van der Waals surface area contributed by atoms with Gasteiger partial charge in [-0.05, 0) is 31.1 Å². The van der Waals surface area contributed by atoms with E-state index in [0.29, 0.717) is 12.0 Å². The Morgan fingerprint density at radius 3 is 2.34 bits per heavy atom. The van der Waals surface area contributed by atoms with Gasteiger partial charge in [0.1, 0.15) is 0 Å². The molecule has 1 N–H and O–H groups in total. The maximum Gasteiger partial charge on any atom is 0.193 e. The Morgan fingerprint density at radius 2 is 1.72 bits per heavy atom. The maximum atomic E-state index is 4.56. The topological polar surface area (TPSA) is 37.4 Å². The van der Waals surface area contributed by atoms with Gasteiger partial charge in [0.15, 0.2) is 5.96 Å². The Morgan fingerprint density at radius 1 is 1.03 bits per heavy atom. The highest BCUT2D eigenvalue weighted by molar-refractivity contribution is 5.80. The molecule has 162 valence electrons. The Hall–Kier alpha value is -1.63. The van der Waals surface area contributed by atoms with E-state index in [2.05, 4.69) is 82.1 Å². The first-order valence-corrected chi connectivity index (χ1v) is 11.1. The van der Waals surface area contributed by atoms with Crippen LogP contribution in [-0.2, 0) is 6.54 Å². The Labute approximate surface area is 177 Å². The number of rotatable bonds is 5. The average Bonchev–Trinajstić information content (AvgIpc) is 2.72. The van der Waals surface area contributed by atoms with Gasteiger partial charge in [-0.1, -0.05) is 38.1 Å². The van der Waals surface area contributed by atoms with E-state index < -0.39 is 0 Å². The second-order valence-corrected chi connectivity index (χ2v) is 8.98. The zero-order valence-electron chi connectivity index (χ0n) is 19.1. The van der Waals surface area contributed by atoms with Crippen LogP contribution in [0.25, 0.3) is 0 Å². The van der Waals surface area contributed by atoms with Crippen LogP contribution in [0.4, 0.5) is 0 Å². The molecule has 2 aliphatic heterocycles.